The van der Waals surface area contributed by atoms with Crippen molar-refractivity contribution in [3.63, 3.8) is 0 Å². The van der Waals surface area contributed by atoms with Crippen LogP contribution in [0.1, 0.15) is 52.5 Å². The predicted molar refractivity (Wildman–Crippen MR) is 97.7 cm³/mol. The molecule has 0 saturated carbocycles. The predicted octanol–water partition coefficient (Wildman–Crippen LogP) is 5.78. The van der Waals surface area contributed by atoms with Crippen molar-refractivity contribution in [2.75, 3.05) is 6.61 Å². The van der Waals surface area contributed by atoms with E-state index in [1.54, 1.807) is 0 Å². The van der Waals surface area contributed by atoms with Crippen LogP contribution in [0.15, 0.2) is 30.3 Å². The lowest BCUT2D eigenvalue weighted by Crippen LogP contribution is -2.43. The molecular weight excluding hydrogens is 288 g/mol. The van der Waals surface area contributed by atoms with E-state index in [1.165, 1.54) is 12.0 Å². The number of benzene rings is 1. The van der Waals surface area contributed by atoms with E-state index in [0.29, 0.717) is 11.1 Å². The van der Waals surface area contributed by atoms with Crippen molar-refractivity contribution >= 4 is 8.32 Å². The second kappa shape index (κ2) is 8.85. The van der Waals surface area contributed by atoms with Crippen molar-refractivity contribution in [2.24, 2.45) is 0 Å². The molecule has 126 valence electrons. The van der Waals surface area contributed by atoms with Gasteiger partial charge in [0.25, 0.3) is 0 Å². The van der Waals surface area contributed by atoms with Gasteiger partial charge in [0.1, 0.15) is 0 Å². The molecule has 0 N–H and O–H groups in total. The second-order valence-electron chi connectivity index (χ2n) is 7.72. The summed E-state index contributed by atoms with van der Waals surface area (Å²) in [5.41, 5.74) is 1.25. The molecule has 1 rings (SSSR count). The molecule has 0 aliphatic carbocycles. The van der Waals surface area contributed by atoms with E-state index in [2.05, 4.69) is 65.1 Å². The van der Waals surface area contributed by atoms with Gasteiger partial charge in [-0.25, -0.2) is 0 Å². The highest BCUT2D eigenvalue weighted by Gasteiger charge is 2.38. The fraction of sp³-hybridized carbons (Fsp3) is 0.684. The Morgan fingerprint density at radius 3 is 2.27 bits per heavy atom. The van der Waals surface area contributed by atoms with E-state index in [4.69, 9.17) is 9.16 Å². The van der Waals surface area contributed by atoms with Crippen LogP contribution >= 0.6 is 0 Å². The minimum atomic E-state index is -1.62. The van der Waals surface area contributed by atoms with Gasteiger partial charge in [-0.1, -0.05) is 51.1 Å². The Balaban J connectivity index is 2.12. The molecule has 0 saturated heterocycles. The molecule has 0 fully saturated rings. The Morgan fingerprint density at radius 1 is 1.05 bits per heavy atom. The van der Waals surface area contributed by atoms with E-state index in [0.717, 1.165) is 26.1 Å². The molecule has 0 heterocycles. The zero-order valence-electron chi connectivity index (χ0n) is 15.3. The quantitative estimate of drug-likeness (QED) is 0.423. The minimum absolute atomic E-state index is 0.292. The van der Waals surface area contributed by atoms with Crippen LogP contribution in [0.25, 0.3) is 0 Å². The third-order valence-electron chi connectivity index (χ3n) is 4.56. The molecule has 0 aliphatic rings. The van der Waals surface area contributed by atoms with E-state index in [1.807, 2.05) is 6.07 Å². The molecule has 1 atom stereocenters. The topological polar surface area (TPSA) is 18.5 Å². The van der Waals surface area contributed by atoms with Crippen LogP contribution in [-0.4, -0.2) is 21.0 Å². The lowest BCUT2D eigenvalue weighted by molar-refractivity contribution is 0.112. The van der Waals surface area contributed by atoms with Gasteiger partial charge in [-0.3, -0.25) is 0 Å². The fourth-order valence-electron chi connectivity index (χ4n) is 2.14. The van der Waals surface area contributed by atoms with Gasteiger partial charge in [0.2, 0.25) is 0 Å². The molecule has 0 aliphatic heterocycles. The first-order valence-electron chi connectivity index (χ1n) is 8.52. The molecule has 22 heavy (non-hydrogen) atoms. The molecule has 0 aromatic heterocycles. The Kier molecular flexibility index (Phi) is 7.81. The summed E-state index contributed by atoms with van der Waals surface area (Å²) in [4.78, 5) is 0. The Morgan fingerprint density at radius 2 is 1.68 bits per heavy atom. The van der Waals surface area contributed by atoms with E-state index < -0.39 is 8.32 Å². The third kappa shape index (κ3) is 7.08. The molecule has 1 unspecified atom stereocenters. The largest absolute Gasteiger partial charge is 0.414 e. The molecule has 3 heteroatoms. The summed E-state index contributed by atoms with van der Waals surface area (Å²) >= 11 is 0. The van der Waals surface area contributed by atoms with Gasteiger partial charge < -0.3 is 9.16 Å². The highest BCUT2D eigenvalue weighted by molar-refractivity contribution is 6.74. The van der Waals surface area contributed by atoms with E-state index >= 15 is 0 Å². The molecule has 0 spiro atoms. The molecule has 0 bridgehead atoms. The van der Waals surface area contributed by atoms with Crippen molar-refractivity contribution in [3.05, 3.63) is 35.9 Å². The summed E-state index contributed by atoms with van der Waals surface area (Å²) < 4.78 is 12.1. The van der Waals surface area contributed by atoms with Crippen LogP contribution < -0.4 is 0 Å². The molecule has 0 amide bonds. The normalized spacial score (nSPS) is 14.1. The summed E-state index contributed by atoms with van der Waals surface area (Å²) in [5, 5.41) is 0.292. The van der Waals surface area contributed by atoms with Crippen LogP contribution in [0.2, 0.25) is 18.1 Å². The standard InChI is InChI=1S/C19H34O2Si/c1-17(21-22(5,6)19(2,3)4)12-10-11-15-20-16-18-13-8-7-9-14-18/h7-9,13-14,17H,10-12,15-16H2,1-6H3. The SMILES string of the molecule is CC(CCCCOCc1ccccc1)O[Si](C)(C)C(C)(C)C. The third-order valence-corrected chi connectivity index (χ3v) is 9.17. The molecule has 1 aromatic rings. The van der Waals surface area contributed by atoms with Gasteiger partial charge in [-0.05, 0) is 49.9 Å². The highest BCUT2D eigenvalue weighted by Crippen LogP contribution is 2.37. The first-order valence-corrected chi connectivity index (χ1v) is 11.4. The summed E-state index contributed by atoms with van der Waals surface area (Å²) in [6.07, 6.45) is 3.76. The Labute approximate surface area is 138 Å². The second-order valence-corrected chi connectivity index (χ2v) is 12.5. The van der Waals surface area contributed by atoms with Crippen LogP contribution in [0.3, 0.4) is 0 Å². The smallest absolute Gasteiger partial charge is 0.192 e. The van der Waals surface area contributed by atoms with Crippen molar-refractivity contribution in [1.82, 2.24) is 0 Å². The maximum atomic E-state index is 6.38. The van der Waals surface area contributed by atoms with Gasteiger partial charge in [0.15, 0.2) is 8.32 Å². The minimum Gasteiger partial charge on any atom is -0.414 e. The van der Waals surface area contributed by atoms with Crippen molar-refractivity contribution in [1.29, 1.82) is 0 Å². The van der Waals surface area contributed by atoms with Gasteiger partial charge >= 0.3 is 0 Å². The number of hydrogen-bond acceptors (Lipinski definition) is 2. The lowest BCUT2D eigenvalue weighted by Gasteiger charge is -2.38. The van der Waals surface area contributed by atoms with Crippen molar-refractivity contribution in [3.8, 4) is 0 Å². The fourth-order valence-corrected chi connectivity index (χ4v) is 3.62. The zero-order chi connectivity index (χ0) is 16.6. The summed E-state index contributed by atoms with van der Waals surface area (Å²) in [6.45, 7) is 15.3. The molecule has 2 nitrogen and oxygen atoms in total. The maximum Gasteiger partial charge on any atom is 0.192 e. The summed E-state index contributed by atoms with van der Waals surface area (Å²) in [5.74, 6) is 0. The first kappa shape index (κ1) is 19.4. The Bertz CT molecular complexity index is 409. The van der Waals surface area contributed by atoms with Crippen LogP contribution in [-0.2, 0) is 15.8 Å². The molecule has 0 radical (unpaired) electrons. The highest BCUT2D eigenvalue weighted by atomic mass is 28.4. The van der Waals surface area contributed by atoms with Crippen LogP contribution in [0, 0.1) is 0 Å². The summed E-state index contributed by atoms with van der Waals surface area (Å²) in [6, 6.07) is 10.4. The lowest BCUT2D eigenvalue weighted by atomic mass is 10.2. The summed E-state index contributed by atoms with van der Waals surface area (Å²) in [7, 11) is -1.62. The van der Waals surface area contributed by atoms with Gasteiger partial charge in [-0.15, -0.1) is 0 Å². The number of hydrogen-bond donors (Lipinski definition) is 0. The van der Waals surface area contributed by atoms with E-state index in [-0.39, 0.29) is 0 Å². The van der Waals surface area contributed by atoms with Crippen LogP contribution in [0.5, 0.6) is 0 Å². The number of rotatable bonds is 9. The molecular formula is C19H34O2Si. The monoisotopic (exact) mass is 322 g/mol. The number of ether oxygens (including phenoxy) is 1. The molecule has 1 aromatic carbocycles. The van der Waals surface area contributed by atoms with E-state index in [9.17, 15) is 0 Å². The average Bonchev–Trinajstić information content (AvgIpc) is 2.42. The van der Waals surface area contributed by atoms with Gasteiger partial charge in [0.05, 0.1) is 6.61 Å². The van der Waals surface area contributed by atoms with Crippen molar-refractivity contribution in [2.45, 2.75) is 77.8 Å². The zero-order valence-corrected chi connectivity index (χ0v) is 16.3. The first-order chi connectivity index (χ1) is 10.2. The van der Waals surface area contributed by atoms with Crippen LogP contribution in [0.4, 0.5) is 0 Å². The Hall–Kier alpha value is -0.643. The van der Waals surface area contributed by atoms with Crippen molar-refractivity contribution < 1.29 is 9.16 Å². The maximum absolute atomic E-state index is 6.38. The van der Waals surface area contributed by atoms with Gasteiger partial charge in [0, 0.05) is 12.7 Å². The number of unbranched alkanes of at least 4 members (excludes halogenated alkanes) is 1. The average molecular weight is 323 g/mol. The van der Waals surface area contributed by atoms with Gasteiger partial charge in [-0.2, -0.15) is 0 Å².